The van der Waals surface area contributed by atoms with Crippen LogP contribution in [0.2, 0.25) is 0 Å². The van der Waals surface area contributed by atoms with Gasteiger partial charge in [0, 0.05) is 26.7 Å². The highest BCUT2D eigenvalue weighted by Crippen LogP contribution is 2.24. The molecule has 0 fully saturated rings. The van der Waals surface area contributed by atoms with Crippen molar-refractivity contribution in [3.63, 3.8) is 0 Å². The summed E-state index contributed by atoms with van der Waals surface area (Å²) >= 11 is 0. The summed E-state index contributed by atoms with van der Waals surface area (Å²) in [6, 6.07) is 8.92. The Kier molecular flexibility index (Phi) is 10.3. The minimum atomic E-state index is -0.723. The molecule has 1 N–H and O–H groups in total. The van der Waals surface area contributed by atoms with E-state index >= 15 is 0 Å². The first-order valence-electron chi connectivity index (χ1n) is 13.9. The number of hydrogen-bond donors (Lipinski definition) is 1. The fourth-order valence-corrected chi connectivity index (χ4v) is 4.26. The molecule has 0 aliphatic carbocycles. The van der Waals surface area contributed by atoms with E-state index in [0.717, 1.165) is 12.0 Å². The van der Waals surface area contributed by atoms with Crippen LogP contribution in [-0.4, -0.2) is 56.6 Å². The summed E-state index contributed by atoms with van der Waals surface area (Å²) in [5.41, 5.74) is 1.32. The maximum Gasteiger partial charge on any atom is 0.420 e. The second kappa shape index (κ2) is 13.4. The zero-order valence-corrected chi connectivity index (χ0v) is 25.1. The van der Waals surface area contributed by atoms with Gasteiger partial charge in [0.15, 0.2) is 0 Å². The molecule has 0 atom stereocenters. The first-order chi connectivity index (χ1) is 19.3. The van der Waals surface area contributed by atoms with Crippen LogP contribution >= 0.6 is 0 Å². The van der Waals surface area contributed by atoms with Gasteiger partial charge in [-0.1, -0.05) is 32.1 Å². The van der Waals surface area contributed by atoms with Crippen LogP contribution in [0, 0.1) is 5.92 Å². The molecule has 10 heteroatoms. The van der Waals surface area contributed by atoms with Gasteiger partial charge in [-0.3, -0.25) is 14.4 Å². The minimum absolute atomic E-state index is 0.00227. The van der Waals surface area contributed by atoms with Crippen molar-refractivity contribution in [1.29, 1.82) is 0 Å². The van der Waals surface area contributed by atoms with Gasteiger partial charge in [-0.05, 0) is 75.8 Å². The maximum absolute atomic E-state index is 13.3. The Balaban J connectivity index is 1.85. The average Bonchev–Trinajstić information content (AvgIpc) is 3.24. The van der Waals surface area contributed by atoms with Crippen molar-refractivity contribution in [2.24, 2.45) is 5.92 Å². The number of imidazole rings is 1. The highest BCUT2D eigenvalue weighted by molar-refractivity contribution is 5.91. The van der Waals surface area contributed by atoms with Gasteiger partial charge in [0.2, 0.25) is 11.8 Å². The van der Waals surface area contributed by atoms with Crippen molar-refractivity contribution >= 4 is 34.6 Å². The van der Waals surface area contributed by atoms with Gasteiger partial charge in [-0.2, -0.15) is 0 Å². The van der Waals surface area contributed by atoms with Gasteiger partial charge >= 0.3 is 6.09 Å². The second-order valence-electron chi connectivity index (χ2n) is 11.7. The van der Waals surface area contributed by atoms with Gasteiger partial charge < -0.3 is 19.5 Å². The SMILES string of the molecule is CC(C)Cc1cccc2c1nc(Cn1cccc(NC(=O)CCC/C=C/C(=O)N(C)C)c1=O)n2C(=O)OC(C)(C)C. The number of carbonyl (C=O) groups excluding carboxylic acids is 3. The Morgan fingerprint density at radius 2 is 1.85 bits per heavy atom. The van der Waals surface area contributed by atoms with E-state index in [-0.39, 0.29) is 30.5 Å². The van der Waals surface area contributed by atoms with Crippen molar-refractivity contribution in [2.75, 3.05) is 19.4 Å². The minimum Gasteiger partial charge on any atom is -0.443 e. The molecule has 2 aromatic heterocycles. The lowest BCUT2D eigenvalue weighted by atomic mass is 10.0. The summed E-state index contributed by atoms with van der Waals surface area (Å²) in [6.45, 7) is 9.63. The van der Waals surface area contributed by atoms with Gasteiger partial charge in [0.1, 0.15) is 17.1 Å². The lowest BCUT2D eigenvalue weighted by Crippen LogP contribution is -2.30. The molecule has 10 nitrogen and oxygen atoms in total. The predicted molar refractivity (Wildman–Crippen MR) is 160 cm³/mol. The van der Waals surface area contributed by atoms with Crippen molar-refractivity contribution < 1.29 is 19.1 Å². The molecule has 0 aliphatic heterocycles. The van der Waals surface area contributed by atoms with Crippen LogP contribution in [0.3, 0.4) is 0 Å². The normalized spacial score (nSPS) is 11.8. The number of unbranched alkanes of at least 4 members (excludes halogenated alkanes) is 1. The number of carbonyl (C=O) groups is 3. The number of allylic oxidation sites excluding steroid dienone is 1. The summed E-state index contributed by atoms with van der Waals surface area (Å²) in [7, 11) is 3.34. The molecule has 3 rings (SSSR count). The van der Waals surface area contributed by atoms with Crippen molar-refractivity contribution in [3.8, 4) is 0 Å². The van der Waals surface area contributed by atoms with Crippen LogP contribution in [0.1, 0.15) is 65.3 Å². The molecule has 0 bridgehead atoms. The van der Waals surface area contributed by atoms with Crippen LogP contribution in [0.5, 0.6) is 0 Å². The number of anilines is 1. The third kappa shape index (κ3) is 8.64. The summed E-state index contributed by atoms with van der Waals surface area (Å²) in [6.07, 6.45) is 6.30. The molecule has 1 aromatic carbocycles. The highest BCUT2D eigenvalue weighted by atomic mass is 16.6. The quantitative estimate of drug-likeness (QED) is 0.275. The lowest BCUT2D eigenvalue weighted by molar-refractivity contribution is -0.123. The Morgan fingerprint density at radius 3 is 2.51 bits per heavy atom. The standard InChI is InChI=1S/C31H41N5O5/c1-21(2)19-22-13-11-15-24-28(22)33-25(36(24)30(40)41-31(3,4)5)20-35-18-12-14-23(29(35)39)32-26(37)16-9-8-10-17-27(38)34(6)7/h10-15,17-18,21H,8-9,16,19-20H2,1-7H3,(H,32,37)/b17-10+. The van der Waals surface area contributed by atoms with Gasteiger partial charge in [-0.25, -0.2) is 14.3 Å². The first kappa shape index (κ1) is 31.3. The van der Waals surface area contributed by atoms with Crippen molar-refractivity contribution in [1.82, 2.24) is 19.0 Å². The maximum atomic E-state index is 13.3. The van der Waals surface area contributed by atoms with Crippen LogP contribution in [0.4, 0.5) is 10.5 Å². The van der Waals surface area contributed by atoms with E-state index in [1.807, 2.05) is 18.2 Å². The van der Waals surface area contributed by atoms with E-state index in [1.54, 1.807) is 59.3 Å². The van der Waals surface area contributed by atoms with E-state index in [1.165, 1.54) is 20.1 Å². The Bertz CT molecular complexity index is 1490. The van der Waals surface area contributed by atoms with Crippen LogP contribution in [0.25, 0.3) is 11.0 Å². The van der Waals surface area contributed by atoms with Crippen LogP contribution in [-0.2, 0) is 27.3 Å². The molecule has 2 amide bonds. The van der Waals surface area contributed by atoms with Crippen molar-refractivity contribution in [3.05, 3.63) is 70.4 Å². The molecule has 0 saturated heterocycles. The Labute approximate surface area is 241 Å². The third-order valence-electron chi connectivity index (χ3n) is 6.12. The second-order valence-corrected chi connectivity index (χ2v) is 11.7. The zero-order valence-electron chi connectivity index (χ0n) is 25.1. The van der Waals surface area contributed by atoms with Crippen LogP contribution < -0.4 is 10.9 Å². The highest BCUT2D eigenvalue weighted by Gasteiger charge is 2.25. The number of likely N-dealkylation sites (N-methyl/N-ethyl adjacent to an activating group) is 1. The Morgan fingerprint density at radius 1 is 1.12 bits per heavy atom. The summed E-state index contributed by atoms with van der Waals surface area (Å²) in [4.78, 5) is 57.0. The molecule has 220 valence electrons. The number of para-hydroxylation sites is 1. The molecular formula is C31H41N5O5. The lowest BCUT2D eigenvalue weighted by Gasteiger charge is -2.20. The summed E-state index contributed by atoms with van der Waals surface area (Å²) < 4.78 is 8.53. The molecule has 0 radical (unpaired) electrons. The molecule has 0 unspecified atom stereocenters. The number of amides is 2. The molecule has 0 aliphatic rings. The van der Waals surface area contributed by atoms with Gasteiger partial charge in [-0.15, -0.1) is 0 Å². The van der Waals surface area contributed by atoms with Crippen molar-refractivity contribution in [2.45, 2.75) is 72.4 Å². The van der Waals surface area contributed by atoms with E-state index in [2.05, 4.69) is 19.2 Å². The summed E-state index contributed by atoms with van der Waals surface area (Å²) in [5, 5.41) is 2.69. The molecule has 0 spiro atoms. The number of ether oxygens (including phenoxy) is 1. The number of benzene rings is 1. The molecule has 2 heterocycles. The fourth-order valence-electron chi connectivity index (χ4n) is 4.26. The number of pyridine rings is 1. The van der Waals surface area contributed by atoms with E-state index in [9.17, 15) is 19.2 Å². The molecular weight excluding hydrogens is 522 g/mol. The fraction of sp³-hybridized carbons (Fsp3) is 0.452. The predicted octanol–water partition coefficient (Wildman–Crippen LogP) is 4.98. The molecule has 3 aromatic rings. The first-order valence-corrected chi connectivity index (χ1v) is 13.9. The van der Waals surface area contributed by atoms with Gasteiger partial charge in [0.05, 0.1) is 17.6 Å². The number of nitrogens with one attached hydrogen (secondary N) is 1. The average molecular weight is 564 g/mol. The number of hydrogen-bond acceptors (Lipinski definition) is 6. The number of fused-ring (bicyclic) bond motifs is 1. The topological polar surface area (TPSA) is 116 Å². The number of aromatic nitrogens is 3. The van der Waals surface area contributed by atoms with Gasteiger partial charge in [0.25, 0.3) is 5.56 Å². The van der Waals surface area contributed by atoms with E-state index < -0.39 is 17.3 Å². The number of nitrogens with zero attached hydrogens (tertiary/aromatic N) is 4. The zero-order chi connectivity index (χ0) is 30.3. The van der Waals surface area contributed by atoms with E-state index in [0.29, 0.717) is 35.6 Å². The van der Waals surface area contributed by atoms with Crippen LogP contribution in [0.15, 0.2) is 53.5 Å². The third-order valence-corrected chi connectivity index (χ3v) is 6.12. The molecule has 0 saturated carbocycles. The monoisotopic (exact) mass is 563 g/mol. The number of rotatable bonds is 10. The smallest absolute Gasteiger partial charge is 0.420 e. The Hall–Kier alpha value is -4.21. The van der Waals surface area contributed by atoms with E-state index in [4.69, 9.17) is 9.72 Å². The summed E-state index contributed by atoms with van der Waals surface area (Å²) in [5.74, 6) is 0.326. The largest absolute Gasteiger partial charge is 0.443 e. The molecule has 41 heavy (non-hydrogen) atoms.